The van der Waals surface area contributed by atoms with Gasteiger partial charge in [-0.2, -0.15) is 0 Å². The van der Waals surface area contributed by atoms with Crippen molar-refractivity contribution in [3.8, 4) is 11.5 Å². The van der Waals surface area contributed by atoms with Crippen LogP contribution in [0.3, 0.4) is 0 Å². The smallest absolute Gasteiger partial charge is 0.174 e. The second kappa shape index (κ2) is 6.93. The fourth-order valence-corrected chi connectivity index (χ4v) is 2.29. The van der Waals surface area contributed by atoms with Crippen LogP contribution in [0.1, 0.15) is 28.4 Å². The number of benzene rings is 2. The zero-order chi connectivity index (χ0) is 15.2. The molecule has 0 bridgehead atoms. The average molecular weight is 284 g/mol. The van der Waals surface area contributed by atoms with Crippen molar-refractivity contribution in [3.63, 3.8) is 0 Å². The topological polar surface area (TPSA) is 35.5 Å². The van der Waals surface area contributed by atoms with Crippen molar-refractivity contribution in [2.75, 3.05) is 14.2 Å². The minimum atomic E-state index is -0.00597. The molecular weight excluding hydrogens is 264 g/mol. The van der Waals surface area contributed by atoms with Gasteiger partial charge in [0.2, 0.25) is 0 Å². The lowest BCUT2D eigenvalue weighted by Crippen LogP contribution is -2.08. The molecule has 0 aliphatic heterocycles. The van der Waals surface area contributed by atoms with Crippen LogP contribution in [0, 0.1) is 0 Å². The second-order valence-corrected chi connectivity index (χ2v) is 4.81. The molecule has 0 amide bonds. The highest BCUT2D eigenvalue weighted by Gasteiger charge is 2.18. The van der Waals surface area contributed by atoms with Gasteiger partial charge in [0, 0.05) is 6.42 Å². The third-order valence-corrected chi connectivity index (χ3v) is 3.50. The van der Waals surface area contributed by atoms with Gasteiger partial charge in [-0.15, -0.1) is 0 Å². The summed E-state index contributed by atoms with van der Waals surface area (Å²) in [4.78, 5) is 12.6. The van der Waals surface area contributed by atoms with Gasteiger partial charge in [0.1, 0.15) is 17.1 Å². The number of Topliss-reactive ketones (excluding diaryl/α,β-unsaturated/α-hetero) is 1. The van der Waals surface area contributed by atoms with Crippen molar-refractivity contribution in [2.45, 2.75) is 19.8 Å². The number of carbonyl (C=O) groups excluding carboxylic acids is 1. The molecule has 2 aromatic carbocycles. The number of ketones is 1. The van der Waals surface area contributed by atoms with Gasteiger partial charge in [-0.1, -0.05) is 37.3 Å². The van der Waals surface area contributed by atoms with Crippen molar-refractivity contribution in [3.05, 3.63) is 59.2 Å². The van der Waals surface area contributed by atoms with Crippen molar-refractivity contribution < 1.29 is 14.3 Å². The zero-order valence-corrected chi connectivity index (χ0v) is 12.7. The molecule has 110 valence electrons. The summed E-state index contributed by atoms with van der Waals surface area (Å²) < 4.78 is 10.6. The number of carbonyl (C=O) groups is 1. The number of rotatable bonds is 6. The largest absolute Gasteiger partial charge is 0.496 e. The van der Waals surface area contributed by atoms with E-state index in [1.165, 1.54) is 5.56 Å². The Morgan fingerprint density at radius 1 is 0.905 bits per heavy atom. The van der Waals surface area contributed by atoms with Crippen LogP contribution in [0.25, 0.3) is 0 Å². The highest BCUT2D eigenvalue weighted by atomic mass is 16.5. The molecule has 0 saturated carbocycles. The number of hydrogen-bond donors (Lipinski definition) is 0. The summed E-state index contributed by atoms with van der Waals surface area (Å²) in [5.74, 6) is 1.09. The molecule has 0 atom stereocenters. The summed E-state index contributed by atoms with van der Waals surface area (Å²) >= 11 is 0. The van der Waals surface area contributed by atoms with Gasteiger partial charge in [0.15, 0.2) is 5.78 Å². The lowest BCUT2D eigenvalue weighted by atomic mass is 10.00. The highest BCUT2D eigenvalue weighted by Crippen LogP contribution is 2.29. The fourth-order valence-electron chi connectivity index (χ4n) is 2.29. The van der Waals surface area contributed by atoms with E-state index in [4.69, 9.17) is 9.47 Å². The normalized spacial score (nSPS) is 10.2. The predicted molar refractivity (Wildman–Crippen MR) is 83.4 cm³/mol. The Morgan fingerprint density at radius 3 is 1.90 bits per heavy atom. The standard InChI is InChI=1S/C18H20O3/c1-4-13-8-10-14(11-9-13)12-15(19)18-16(20-2)6-5-7-17(18)21-3/h5-11H,4,12H2,1-3H3. The molecule has 21 heavy (non-hydrogen) atoms. The van der Waals surface area contributed by atoms with Crippen LogP contribution in [0.2, 0.25) is 0 Å². The molecule has 3 nitrogen and oxygen atoms in total. The molecule has 2 aromatic rings. The number of hydrogen-bond acceptors (Lipinski definition) is 3. The molecule has 0 fully saturated rings. The van der Waals surface area contributed by atoms with E-state index in [2.05, 4.69) is 19.1 Å². The van der Waals surface area contributed by atoms with E-state index in [1.54, 1.807) is 26.4 Å². The molecule has 0 radical (unpaired) electrons. The first-order valence-electron chi connectivity index (χ1n) is 7.01. The zero-order valence-electron chi connectivity index (χ0n) is 12.7. The molecule has 0 heterocycles. The molecular formula is C18H20O3. The summed E-state index contributed by atoms with van der Waals surface area (Å²) in [6.07, 6.45) is 1.33. The van der Waals surface area contributed by atoms with E-state index in [0.717, 1.165) is 12.0 Å². The van der Waals surface area contributed by atoms with Crippen molar-refractivity contribution in [1.82, 2.24) is 0 Å². The Kier molecular flexibility index (Phi) is 4.99. The first-order valence-corrected chi connectivity index (χ1v) is 7.01. The molecule has 0 saturated heterocycles. The maximum absolute atomic E-state index is 12.6. The Morgan fingerprint density at radius 2 is 1.43 bits per heavy atom. The summed E-state index contributed by atoms with van der Waals surface area (Å²) in [5.41, 5.74) is 2.76. The molecule has 0 aliphatic carbocycles. The van der Waals surface area contributed by atoms with Crippen molar-refractivity contribution >= 4 is 5.78 Å². The van der Waals surface area contributed by atoms with Gasteiger partial charge in [-0.25, -0.2) is 0 Å². The van der Waals surface area contributed by atoms with Crippen LogP contribution < -0.4 is 9.47 Å². The van der Waals surface area contributed by atoms with Crippen LogP contribution >= 0.6 is 0 Å². The summed E-state index contributed by atoms with van der Waals surface area (Å²) in [6, 6.07) is 13.5. The molecule has 0 N–H and O–H groups in total. The van der Waals surface area contributed by atoms with E-state index in [-0.39, 0.29) is 5.78 Å². The van der Waals surface area contributed by atoms with Crippen LogP contribution in [0.5, 0.6) is 11.5 Å². The lowest BCUT2D eigenvalue weighted by molar-refractivity contribution is 0.0987. The van der Waals surface area contributed by atoms with Gasteiger partial charge in [-0.3, -0.25) is 4.79 Å². The van der Waals surface area contributed by atoms with Gasteiger partial charge in [0.05, 0.1) is 14.2 Å². The Balaban J connectivity index is 2.27. The Labute approximate surface area is 125 Å². The average Bonchev–Trinajstić information content (AvgIpc) is 2.54. The summed E-state index contributed by atoms with van der Waals surface area (Å²) in [5, 5.41) is 0. The van der Waals surface area contributed by atoms with Crippen molar-refractivity contribution in [2.24, 2.45) is 0 Å². The minimum Gasteiger partial charge on any atom is -0.496 e. The fraction of sp³-hybridized carbons (Fsp3) is 0.278. The van der Waals surface area contributed by atoms with Gasteiger partial charge < -0.3 is 9.47 Å². The molecule has 3 heteroatoms. The number of ether oxygens (including phenoxy) is 2. The maximum atomic E-state index is 12.6. The van der Waals surface area contributed by atoms with E-state index >= 15 is 0 Å². The maximum Gasteiger partial charge on any atom is 0.174 e. The van der Waals surface area contributed by atoms with Gasteiger partial charge in [0.25, 0.3) is 0 Å². The molecule has 0 aromatic heterocycles. The first-order chi connectivity index (χ1) is 10.2. The Hall–Kier alpha value is -2.29. The second-order valence-electron chi connectivity index (χ2n) is 4.81. The van der Waals surface area contributed by atoms with E-state index in [0.29, 0.717) is 23.5 Å². The van der Waals surface area contributed by atoms with Gasteiger partial charge in [-0.05, 0) is 29.7 Å². The molecule has 0 unspecified atom stereocenters. The number of aryl methyl sites for hydroxylation is 1. The van der Waals surface area contributed by atoms with E-state index in [9.17, 15) is 4.79 Å². The third kappa shape index (κ3) is 3.43. The monoisotopic (exact) mass is 284 g/mol. The van der Waals surface area contributed by atoms with Gasteiger partial charge >= 0.3 is 0 Å². The highest BCUT2D eigenvalue weighted by molar-refractivity contribution is 6.02. The van der Waals surface area contributed by atoms with E-state index < -0.39 is 0 Å². The number of methoxy groups -OCH3 is 2. The van der Waals surface area contributed by atoms with E-state index in [1.807, 2.05) is 18.2 Å². The van der Waals surface area contributed by atoms with Crippen molar-refractivity contribution in [1.29, 1.82) is 0 Å². The van der Waals surface area contributed by atoms with Crippen LogP contribution in [0.4, 0.5) is 0 Å². The lowest BCUT2D eigenvalue weighted by Gasteiger charge is -2.12. The first kappa shape index (κ1) is 15.1. The predicted octanol–water partition coefficient (Wildman–Crippen LogP) is 3.69. The molecule has 0 spiro atoms. The molecule has 0 aliphatic rings. The van der Waals surface area contributed by atoms with Crippen LogP contribution in [0.15, 0.2) is 42.5 Å². The third-order valence-electron chi connectivity index (χ3n) is 3.50. The summed E-state index contributed by atoms with van der Waals surface area (Å²) in [6.45, 7) is 2.11. The molecule has 2 rings (SSSR count). The van der Waals surface area contributed by atoms with Crippen LogP contribution in [-0.2, 0) is 12.8 Å². The minimum absolute atomic E-state index is 0.00597. The summed E-state index contributed by atoms with van der Waals surface area (Å²) in [7, 11) is 3.11. The van der Waals surface area contributed by atoms with Crippen LogP contribution in [-0.4, -0.2) is 20.0 Å². The quantitative estimate of drug-likeness (QED) is 0.759. The Bertz CT molecular complexity index is 593. The SMILES string of the molecule is CCc1ccc(CC(=O)c2c(OC)cccc2OC)cc1.